The second-order valence-corrected chi connectivity index (χ2v) is 5.03. The van der Waals surface area contributed by atoms with Crippen LogP contribution in [0, 0.1) is 5.92 Å². The zero-order valence-electron chi connectivity index (χ0n) is 11.0. The maximum Gasteiger partial charge on any atom is 0.303 e. The standard InChI is InChI=1S/C12H19N3O3S/c1-2-3-9(4-5-11(16)17)6-7-13-12(18)10-8-19-15-14-10/h8-9H,2-7H2,1H3,(H,13,18)(H,16,17). The van der Waals surface area contributed by atoms with Gasteiger partial charge in [-0.1, -0.05) is 24.3 Å². The fourth-order valence-corrected chi connectivity index (χ4v) is 2.35. The number of carboxylic acids is 1. The molecule has 0 bridgehead atoms. The van der Waals surface area contributed by atoms with Gasteiger partial charge in [-0.15, -0.1) is 5.10 Å². The van der Waals surface area contributed by atoms with E-state index in [2.05, 4.69) is 21.8 Å². The number of nitrogens with one attached hydrogen (secondary N) is 1. The Morgan fingerprint density at radius 2 is 2.21 bits per heavy atom. The van der Waals surface area contributed by atoms with Crippen LogP contribution in [0.15, 0.2) is 5.38 Å². The van der Waals surface area contributed by atoms with Gasteiger partial charge in [0.15, 0.2) is 5.69 Å². The quantitative estimate of drug-likeness (QED) is 0.723. The van der Waals surface area contributed by atoms with E-state index in [0.717, 1.165) is 30.8 Å². The van der Waals surface area contributed by atoms with Gasteiger partial charge in [-0.05, 0) is 30.3 Å². The third-order valence-corrected chi connectivity index (χ3v) is 3.40. The van der Waals surface area contributed by atoms with Gasteiger partial charge in [-0.2, -0.15) is 0 Å². The monoisotopic (exact) mass is 285 g/mol. The van der Waals surface area contributed by atoms with Crippen LogP contribution in [0.1, 0.15) is 49.5 Å². The van der Waals surface area contributed by atoms with E-state index in [0.29, 0.717) is 24.6 Å². The SMILES string of the molecule is CCCC(CCNC(=O)c1csnn1)CCC(=O)O. The van der Waals surface area contributed by atoms with Crippen LogP contribution in [0.4, 0.5) is 0 Å². The van der Waals surface area contributed by atoms with Gasteiger partial charge in [-0.3, -0.25) is 9.59 Å². The zero-order chi connectivity index (χ0) is 14.1. The highest BCUT2D eigenvalue weighted by Gasteiger charge is 2.12. The normalized spacial score (nSPS) is 12.1. The number of hydrogen-bond acceptors (Lipinski definition) is 5. The number of carboxylic acid groups (broad SMARTS) is 1. The highest BCUT2D eigenvalue weighted by atomic mass is 32.1. The minimum absolute atomic E-state index is 0.189. The van der Waals surface area contributed by atoms with Crippen molar-refractivity contribution in [3.63, 3.8) is 0 Å². The molecule has 6 nitrogen and oxygen atoms in total. The smallest absolute Gasteiger partial charge is 0.303 e. The molecule has 0 aliphatic heterocycles. The van der Waals surface area contributed by atoms with Gasteiger partial charge in [0.1, 0.15) is 0 Å². The predicted molar refractivity (Wildman–Crippen MR) is 72.1 cm³/mol. The molecule has 1 atom stereocenters. The summed E-state index contributed by atoms with van der Waals surface area (Å²) >= 11 is 1.14. The van der Waals surface area contributed by atoms with Crippen LogP contribution in [-0.4, -0.2) is 33.1 Å². The van der Waals surface area contributed by atoms with Crippen molar-refractivity contribution in [2.45, 2.75) is 39.0 Å². The van der Waals surface area contributed by atoms with Gasteiger partial charge in [0.2, 0.25) is 0 Å². The molecule has 1 rings (SSSR count). The van der Waals surface area contributed by atoms with Crippen LogP contribution >= 0.6 is 11.5 Å². The lowest BCUT2D eigenvalue weighted by molar-refractivity contribution is -0.137. The van der Waals surface area contributed by atoms with Crippen LogP contribution in [0.2, 0.25) is 0 Å². The molecule has 2 N–H and O–H groups in total. The van der Waals surface area contributed by atoms with Crippen molar-refractivity contribution in [3.05, 3.63) is 11.1 Å². The van der Waals surface area contributed by atoms with Crippen molar-refractivity contribution in [1.29, 1.82) is 0 Å². The number of carbonyl (C=O) groups is 2. The van der Waals surface area contributed by atoms with E-state index in [1.807, 2.05) is 0 Å². The molecule has 0 fully saturated rings. The first-order chi connectivity index (χ1) is 9.13. The molecular weight excluding hydrogens is 266 g/mol. The Bertz CT molecular complexity index is 395. The summed E-state index contributed by atoms with van der Waals surface area (Å²) in [6.45, 7) is 2.62. The Labute approximate surface area is 116 Å². The molecule has 0 aliphatic carbocycles. The Kier molecular flexibility index (Phi) is 7.02. The van der Waals surface area contributed by atoms with Crippen LogP contribution in [0.5, 0.6) is 0 Å². The number of nitrogens with zero attached hydrogens (tertiary/aromatic N) is 2. The molecule has 19 heavy (non-hydrogen) atoms. The number of hydrogen-bond donors (Lipinski definition) is 2. The molecule has 0 aromatic carbocycles. The highest BCUT2D eigenvalue weighted by Crippen LogP contribution is 2.17. The molecule has 0 saturated heterocycles. The van der Waals surface area contributed by atoms with Gasteiger partial charge in [0.05, 0.1) is 0 Å². The van der Waals surface area contributed by atoms with Crippen molar-refractivity contribution in [2.24, 2.45) is 5.92 Å². The fourth-order valence-electron chi connectivity index (χ4n) is 1.91. The lowest BCUT2D eigenvalue weighted by Crippen LogP contribution is -2.26. The molecule has 7 heteroatoms. The summed E-state index contributed by atoms with van der Waals surface area (Å²) in [7, 11) is 0. The molecule has 0 radical (unpaired) electrons. The molecule has 0 spiro atoms. The molecule has 0 aliphatic rings. The number of rotatable bonds is 9. The lowest BCUT2D eigenvalue weighted by atomic mass is 9.94. The molecule has 0 saturated carbocycles. The molecule has 1 heterocycles. The van der Waals surface area contributed by atoms with Crippen LogP contribution < -0.4 is 5.32 Å². The Morgan fingerprint density at radius 1 is 1.42 bits per heavy atom. The predicted octanol–water partition coefficient (Wildman–Crippen LogP) is 1.94. The summed E-state index contributed by atoms with van der Waals surface area (Å²) in [5.74, 6) is -0.643. The molecular formula is C12H19N3O3S. The van der Waals surface area contributed by atoms with Gasteiger partial charge < -0.3 is 10.4 Å². The van der Waals surface area contributed by atoms with Crippen molar-refractivity contribution < 1.29 is 14.7 Å². The first-order valence-corrected chi connectivity index (χ1v) is 7.24. The topological polar surface area (TPSA) is 92.2 Å². The second kappa shape index (κ2) is 8.58. The van der Waals surface area contributed by atoms with E-state index in [1.165, 1.54) is 0 Å². The number of amides is 1. The van der Waals surface area contributed by atoms with E-state index >= 15 is 0 Å². The third kappa shape index (κ3) is 6.28. The molecule has 1 unspecified atom stereocenters. The Morgan fingerprint density at radius 3 is 2.79 bits per heavy atom. The third-order valence-electron chi connectivity index (χ3n) is 2.89. The van der Waals surface area contributed by atoms with E-state index < -0.39 is 5.97 Å². The van der Waals surface area contributed by atoms with Crippen molar-refractivity contribution >= 4 is 23.4 Å². The average molecular weight is 285 g/mol. The zero-order valence-corrected chi connectivity index (χ0v) is 11.8. The second-order valence-electron chi connectivity index (χ2n) is 4.42. The first-order valence-electron chi connectivity index (χ1n) is 6.40. The maximum atomic E-state index is 11.6. The summed E-state index contributed by atoms with van der Waals surface area (Å²) in [5.41, 5.74) is 0.336. The van der Waals surface area contributed by atoms with Crippen LogP contribution in [0.25, 0.3) is 0 Å². The van der Waals surface area contributed by atoms with Gasteiger partial charge in [0, 0.05) is 18.3 Å². The average Bonchev–Trinajstić information content (AvgIpc) is 2.89. The van der Waals surface area contributed by atoms with Gasteiger partial charge >= 0.3 is 5.97 Å². The summed E-state index contributed by atoms with van der Waals surface area (Å²) in [5, 5.41) is 16.8. The van der Waals surface area contributed by atoms with Gasteiger partial charge in [-0.25, -0.2) is 0 Å². The summed E-state index contributed by atoms with van der Waals surface area (Å²) < 4.78 is 3.63. The molecule has 1 aromatic rings. The first kappa shape index (κ1) is 15.6. The summed E-state index contributed by atoms with van der Waals surface area (Å²) in [6, 6.07) is 0. The van der Waals surface area contributed by atoms with Gasteiger partial charge in [0.25, 0.3) is 5.91 Å². The van der Waals surface area contributed by atoms with Crippen molar-refractivity contribution in [3.8, 4) is 0 Å². The lowest BCUT2D eigenvalue weighted by Gasteiger charge is -2.15. The van der Waals surface area contributed by atoms with E-state index in [1.54, 1.807) is 5.38 Å². The van der Waals surface area contributed by atoms with E-state index in [-0.39, 0.29) is 12.3 Å². The molecule has 1 aromatic heterocycles. The van der Waals surface area contributed by atoms with E-state index in [4.69, 9.17) is 5.11 Å². The largest absolute Gasteiger partial charge is 0.481 e. The van der Waals surface area contributed by atoms with Crippen LogP contribution in [-0.2, 0) is 4.79 Å². The molecule has 1 amide bonds. The van der Waals surface area contributed by atoms with Crippen LogP contribution in [0.3, 0.4) is 0 Å². The van der Waals surface area contributed by atoms with Crippen molar-refractivity contribution in [1.82, 2.24) is 14.9 Å². The number of aromatic nitrogens is 2. The van der Waals surface area contributed by atoms with E-state index in [9.17, 15) is 9.59 Å². The Hall–Kier alpha value is -1.50. The molecule has 106 valence electrons. The number of carbonyl (C=O) groups excluding carboxylic acids is 1. The minimum Gasteiger partial charge on any atom is -0.481 e. The summed E-state index contributed by atoms with van der Waals surface area (Å²) in [4.78, 5) is 22.2. The summed E-state index contributed by atoms with van der Waals surface area (Å²) in [6.07, 6.45) is 3.66. The Balaban J connectivity index is 2.27. The van der Waals surface area contributed by atoms with Crippen molar-refractivity contribution in [2.75, 3.05) is 6.54 Å². The number of aliphatic carboxylic acids is 1. The maximum absolute atomic E-state index is 11.6. The highest BCUT2D eigenvalue weighted by molar-refractivity contribution is 7.03. The minimum atomic E-state index is -0.765. The fraction of sp³-hybridized carbons (Fsp3) is 0.667.